The number of hydrogen-bond donors (Lipinski definition) is 1. The maximum Gasteiger partial charge on any atom is 0.416 e. The van der Waals surface area contributed by atoms with Gasteiger partial charge in [0.25, 0.3) is 5.91 Å². The van der Waals surface area contributed by atoms with Gasteiger partial charge in [0.1, 0.15) is 0 Å². The average Bonchev–Trinajstić information content (AvgIpc) is 2.24. The maximum atomic E-state index is 12.7. The fourth-order valence-electron chi connectivity index (χ4n) is 1.75. The van der Waals surface area contributed by atoms with E-state index in [9.17, 15) is 18.0 Å². The first-order chi connectivity index (χ1) is 8.41. The zero-order valence-corrected chi connectivity index (χ0v) is 9.67. The van der Waals surface area contributed by atoms with Gasteiger partial charge in [-0.15, -0.1) is 0 Å². The molecule has 0 bridgehead atoms. The molecular weight excluding hydrogens is 247 g/mol. The third-order valence-corrected chi connectivity index (χ3v) is 2.88. The number of ether oxygens (including phenoxy) is 1. The predicted octanol–water partition coefficient (Wildman–Crippen LogP) is 2.18. The summed E-state index contributed by atoms with van der Waals surface area (Å²) in [5.41, 5.74) is -0.283. The molecule has 6 heteroatoms. The molecule has 0 aliphatic carbocycles. The van der Waals surface area contributed by atoms with Crippen molar-refractivity contribution in [3.05, 3.63) is 34.9 Å². The van der Waals surface area contributed by atoms with Crippen LogP contribution in [0, 0.1) is 0 Å². The van der Waals surface area contributed by atoms with Gasteiger partial charge >= 0.3 is 6.18 Å². The maximum absolute atomic E-state index is 12.7. The Morgan fingerprint density at radius 2 is 2.00 bits per heavy atom. The highest BCUT2D eigenvalue weighted by Crippen LogP contribution is 2.34. The number of hydrogen-bond acceptors (Lipinski definition) is 2. The van der Waals surface area contributed by atoms with E-state index in [1.165, 1.54) is 13.1 Å². The van der Waals surface area contributed by atoms with Crippen molar-refractivity contribution in [3.8, 4) is 0 Å². The van der Waals surface area contributed by atoms with Gasteiger partial charge in [0.15, 0.2) is 0 Å². The van der Waals surface area contributed by atoms with Crippen LogP contribution in [0.4, 0.5) is 13.2 Å². The Kier molecular flexibility index (Phi) is 3.30. The van der Waals surface area contributed by atoms with Gasteiger partial charge in [0, 0.05) is 18.5 Å². The van der Waals surface area contributed by atoms with E-state index < -0.39 is 17.6 Å². The summed E-state index contributed by atoms with van der Waals surface area (Å²) in [5.74, 6) is -0.585. The minimum atomic E-state index is -4.45. The molecule has 1 fully saturated rings. The van der Waals surface area contributed by atoms with Gasteiger partial charge < -0.3 is 10.1 Å². The van der Waals surface area contributed by atoms with Crippen molar-refractivity contribution >= 4 is 5.91 Å². The molecule has 1 aromatic carbocycles. The summed E-state index contributed by atoms with van der Waals surface area (Å²) in [4.78, 5) is 11.5. The van der Waals surface area contributed by atoms with Crippen LogP contribution in [0.5, 0.6) is 0 Å². The van der Waals surface area contributed by atoms with Crippen LogP contribution in [0.3, 0.4) is 0 Å². The zero-order chi connectivity index (χ0) is 13.3. The highest BCUT2D eigenvalue weighted by Gasteiger charge is 2.33. The van der Waals surface area contributed by atoms with Crippen molar-refractivity contribution in [2.24, 2.45) is 0 Å². The number of halogens is 3. The molecule has 0 aromatic heterocycles. The van der Waals surface area contributed by atoms with E-state index in [4.69, 9.17) is 4.74 Å². The van der Waals surface area contributed by atoms with Gasteiger partial charge in [-0.2, -0.15) is 13.2 Å². The summed E-state index contributed by atoms with van der Waals surface area (Å²) in [6.45, 7) is 0.795. The summed E-state index contributed by atoms with van der Waals surface area (Å²) < 4.78 is 43.2. The second-order valence-corrected chi connectivity index (χ2v) is 4.15. The second-order valence-electron chi connectivity index (χ2n) is 4.15. The average molecular weight is 259 g/mol. The Labute approximate surface area is 102 Å². The van der Waals surface area contributed by atoms with Gasteiger partial charge in [0.2, 0.25) is 0 Å². The molecule has 1 saturated heterocycles. The normalized spacial score (nSPS) is 16.2. The van der Waals surface area contributed by atoms with Crippen LogP contribution in [-0.4, -0.2) is 26.2 Å². The molecule has 1 heterocycles. The number of benzene rings is 1. The first-order valence-corrected chi connectivity index (χ1v) is 5.44. The predicted molar refractivity (Wildman–Crippen MR) is 58.4 cm³/mol. The lowest BCUT2D eigenvalue weighted by Crippen LogP contribution is -2.26. The number of amides is 1. The number of nitrogens with one attached hydrogen (secondary N) is 1. The first-order valence-electron chi connectivity index (χ1n) is 5.44. The Hall–Kier alpha value is -1.56. The number of carbonyl (C=O) groups excluding carboxylic acids is 1. The molecule has 0 spiro atoms. The minimum Gasteiger partial charge on any atom is -0.380 e. The van der Waals surface area contributed by atoms with Gasteiger partial charge in [-0.05, 0) is 23.8 Å². The third-order valence-electron chi connectivity index (χ3n) is 2.88. The summed E-state index contributed by atoms with van der Waals surface area (Å²) in [6.07, 6.45) is -4.45. The van der Waals surface area contributed by atoms with E-state index in [1.54, 1.807) is 0 Å². The number of alkyl halides is 3. The van der Waals surface area contributed by atoms with E-state index >= 15 is 0 Å². The van der Waals surface area contributed by atoms with E-state index in [1.807, 2.05) is 0 Å². The van der Waals surface area contributed by atoms with Crippen molar-refractivity contribution in [3.63, 3.8) is 0 Å². The van der Waals surface area contributed by atoms with Crippen LogP contribution in [0.1, 0.15) is 27.4 Å². The molecule has 1 N–H and O–H groups in total. The lowest BCUT2D eigenvalue weighted by molar-refractivity contribution is -0.137. The van der Waals surface area contributed by atoms with Crippen molar-refractivity contribution in [2.45, 2.75) is 12.1 Å². The zero-order valence-electron chi connectivity index (χ0n) is 9.67. The Morgan fingerprint density at radius 1 is 1.33 bits per heavy atom. The van der Waals surface area contributed by atoms with Crippen LogP contribution in [0.2, 0.25) is 0 Å². The molecule has 3 nitrogen and oxygen atoms in total. The molecule has 0 unspecified atom stereocenters. The Bertz CT molecular complexity index is 467. The van der Waals surface area contributed by atoms with Crippen molar-refractivity contribution in [1.82, 2.24) is 5.32 Å². The van der Waals surface area contributed by atoms with Crippen molar-refractivity contribution in [1.29, 1.82) is 0 Å². The highest BCUT2D eigenvalue weighted by molar-refractivity contribution is 5.94. The minimum absolute atomic E-state index is 0.0224. The van der Waals surface area contributed by atoms with Gasteiger partial charge in [-0.1, -0.05) is 0 Å². The van der Waals surface area contributed by atoms with Crippen LogP contribution in [-0.2, 0) is 10.9 Å². The van der Waals surface area contributed by atoms with E-state index in [2.05, 4.69) is 5.32 Å². The largest absolute Gasteiger partial charge is 0.416 e. The van der Waals surface area contributed by atoms with Crippen LogP contribution in [0.15, 0.2) is 18.2 Å². The molecule has 1 aliphatic rings. The summed E-state index contributed by atoms with van der Waals surface area (Å²) in [5, 5.41) is 2.32. The molecule has 0 saturated carbocycles. The molecule has 1 aliphatic heterocycles. The first kappa shape index (κ1) is 12.9. The summed E-state index contributed by atoms with van der Waals surface area (Å²) in [7, 11) is 1.38. The molecule has 0 radical (unpaired) electrons. The monoisotopic (exact) mass is 259 g/mol. The standard InChI is InChI=1S/C12H12F3NO2/c1-16-11(17)8-2-7(9-5-18-6-9)3-10(4-8)12(13,14)15/h2-4,9H,5-6H2,1H3,(H,16,17). The third kappa shape index (κ3) is 2.48. The lowest BCUT2D eigenvalue weighted by Gasteiger charge is -2.27. The molecular formula is C12H12F3NO2. The van der Waals surface area contributed by atoms with Crippen LogP contribution < -0.4 is 5.32 Å². The number of rotatable bonds is 2. The van der Waals surface area contributed by atoms with Gasteiger partial charge in [-0.25, -0.2) is 0 Å². The Balaban J connectivity index is 2.44. The topological polar surface area (TPSA) is 38.3 Å². The summed E-state index contributed by atoms with van der Waals surface area (Å²) in [6, 6.07) is 3.43. The lowest BCUT2D eigenvalue weighted by atomic mass is 9.93. The molecule has 98 valence electrons. The number of carbonyl (C=O) groups is 1. The fraction of sp³-hybridized carbons (Fsp3) is 0.417. The second kappa shape index (κ2) is 4.61. The molecule has 18 heavy (non-hydrogen) atoms. The Morgan fingerprint density at radius 3 is 2.44 bits per heavy atom. The van der Waals surface area contributed by atoms with Crippen LogP contribution in [0.25, 0.3) is 0 Å². The van der Waals surface area contributed by atoms with Gasteiger partial charge in [-0.3, -0.25) is 4.79 Å². The quantitative estimate of drug-likeness (QED) is 0.884. The summed E-state index contributed by atoms with van der Waals surface area (Å²) >= 11 is 0. The molecule has 1 aromatic rings. The smallest absolute Gasteiger partial charge is 0.380 e. The van der Waals surface area contributed by atoms with Crippen molar-refractivity contribution in [2.75, 3.05) is 20.3 Å². The highest BCUT2D eigenvalue weighted by atomic mass is 19.4. The van der Waals surface area contributed by atoms with E-state index in [-0.39, 0.29) is 11.5 Å². The molecule has 0 atom stereocenters. The van der Waals surface area contributed by atoms with E-state index in [0.29, 0.717) is 18.8 Å². The fourth-order valence-corrected chi connectivity index (χ4v) is 1.75. The SMILES string of the molecule is CNC(=O)c1cc(C2COC2)cc(C(F)(F)F)c1. The van der Waals surface area contributed by atoms with Crippen molar-refractivity contribution < 1.29 is 22.7 Å². The van der Waals surface area contributed by atoms with Gasteiger partial charge in [0.05, 0.1) is 18.8 Å². The molecule has 1 amide bonds. The van der Waals surface area contributed by atoms with E-state index in [0.717, 1.165) is 12.1 Å². The molecule has 2 rings (SSSR count). The van der Waals surface area contributed by atoms with Crippen LogP contribution >= 0.6 is 0 Å².